The molecule has 6 nitrogen and oxygen atoms in total. The molecule has 1 aromatic carbocycles. The average Bonchev–Trinajstić information content (AvgIpc) is 2.89. The van der Waals surface area contributed by atoms with Crippen LogP contribution >= 0.6 is 11.6 Å². The summed E-state index contributed by atoms with van der Waals surface area (Å²) in [5.41, 5.74) is -0.740. The van der Waals surface area contributed by atoms with Crippen molar-refractivity contribution < 1.29 is 18.8 Å². The number of nitrogens with one attached hydrogen (secondary N) is 1. The summed E-state index contributed by atoms with van der Waals surface area (Å²) in [5, 5.41) is 13.7. The third kappa shape index (κ3) is 3.00. The van der Waals surface area contributed by atoms with Gasteiger partial charge < -0.3 is 14.8 Å². The molecular weight excluding hydrogens is 291 g/mol. The zero-order chi connectivity index (χ0) is 14.8. The van der Waals surface area contributed by atoms with Crippen LogP contribution in [0.4, 0.5) is 15.8 Å². The van der Waals surface area contributed by atoms with Gasteiger partial charge in [0.25, 0.3) is 5.69 Å². The van der Waals surface area contributed by atoms with Crippen molar-refractivity contribution in [3.63, 3.8) is 0 Å². The number of nitro benzene ring substituents is 1. The molecule has 1 N–H and O–H groups in total. The maximum absolute atomic E-state index is 13.3. The van der Waals surface area contributed by atoms with E-state index in [-0.39, 0.29) is 16.4 Å². The highest BCUT2D eigenvalue weighted by Crippen LogP contribution is 2.31. The number of hydrogen-bond acceptors (Lipinski definition) is 5. The van der Waals surface area contributed by atoms with Gasteiger partial charge in [-0.15, -0.1) is 0 Å². The van der Waals surface area contributed by atoms with Crippen molar-refractivity contribution in [1.29, 1.82) is 0 Å². The molecular formula is C12H14ClFN2O4. The Morgan fingerprint density at radius 2 is 2.40 bits per heavy atom. The topological polar surface area (TPSA) is 73.6 Å². The van der Waals surface area contributed by atoms with E-state index in [1.807, 2.05) is 0 Å². The maximum Gasteiger partial charge on any atom is 0.295 e. The van der Waals surface area contributed by atoms with Crippen LogP contribution in [0.5, 0.6) is 0 Å². The molecule has 2 rings (SSSR count). The second kappa shape index (κ2) is 5.90. The lowest BCUT2D eigenvalue weighted by atomic mass is 10.0. The highest BCUT2D eigenvalue weighted by molar-refractivity contribution is 6.31. The molecule has 1 aliphatic rings. The summed E-state index contributed by atoms with van der Waals surface area (Å²) in [7, 11) is 1.56. The van der Waals surface area contributed by atoms with Crippen LogP contribution in [0, 0.1) is 15.9 Å². The minimum Gasteiger partial charge on any atom is -0.378 e. The van der Waals surface area contributed by atoms with Crippen LogP contribution in [0.15, 0.2) is 12.1 Å². The Morgan fingerprint density at radius 3 is 2.95 bits per heavy atom. The average molecular weight is 305 g/mol. The zero-order valence-electron chi connectivity index (χ0n) is 10.8. The molecule has 0 saturated carbocycles. The van der Waals surface area contributed by atoms with Crippen LogP contribution in [0.1, 0.15) is 6.42 Å². The first-order valence-corrected chi connectivity index (χ1v) is 6.35. The van der Waals surface area contributed by atoms with Crippen LogP contribution in [-0.2, 0) is 9.47 Å². The number of nitro groups is 1. The van der Waals surface area contributed by atoms with Gasteiger partial charge in [0.15, 0.2) is 0 Å². The highest BCUT2D eigenvalue weighted by Gasteiger charge is 2.35. The molecule has 1 unspecified atom stereocenters. The summed E-state index contributed by atoms with van der Waals surface area (Å²) in [4.78, 5) is 10.3. The highest BCUT2D eigenvalue weighted by atomic mass is 35.5. The number of anilines is 1. The van der Waals surface area contributed by atoms with Gasteiger partial charge >= 0.3 is 0 Å². The van der Waals surface area contributed by atoms with Gasteiger partial charge in [-0.25, -0.2) is 4.39 Å². The number of hydrogen-bond donors (Lipinski definition) is 1. The van der Waals surface area contributed by atoms with Crippen LogP contribution in [-0.4, -0.2) is 37.4 Å². The Kier molecular flexibility index (Phi) is 4.42. The van der Waals surface area contributed by atoms with Crippen LogP contribution in [0.25, 0.3) is 0 Å². The predicted molar refractivity (Wildman–Crippen MR) is 71.7 cm³/mol. The molecule has 8 heteroatoms. The van der Waals surface area contributed by atoms with Gasteiger partial charge in [-0.05, 0) is 6.07 Å². The van der Waals surface area contributed by atoms with Crippen molar-refractivity contribution in [2.45, 2.75) is 12.0 Å². The molecule has 0 aromatic heterocycles. The summed E-state index contributed by atoms with van der Waals surface area (Å²) in [6.45, 7) is 1.29. The van der Waals surface area contributed by atoms with Gasteiger partial charge in [0.2, 0.25) is 0 Å². The predicted octanol–water partition coefficient (Wildman–Crippen LogP) is 2.60. The maximum atomic E-state index is 13.3. The lowest BCUT2D eigenvalue weighted by molar-refractivity contribution is -0.384. The molecule has 0 radical (unpaired) electrons. The van der Waals surface area contributed by atoms with Crippen molar-refractivity contribution in [2.75, 3.05) is 32.2 Å². The molecule has 1 aliphatic heterocycles. The number of halogens is 2. The van der Waals surface area contributed by atoms with Crippen molar-refractivity contribution in [1.82, 2.24) is 0 Å². The third-order valence-corrected chi connectivity index (χ3v) is 3.63. The fourth-order valence-electron chi connectivity index (χ4n) is 2.05. The molecule has 20 heavy (non-hydrogen) atoms. The number of ether oxygens (including phenoxy) is 2. The van der Waals surface area contributed by atoms with Crippen molar-refractivity contribution in [3.05, 3.63) is 33.1 Å². The van der Waals surface area contributed by atoms with Gasteiger partial charge in [0.1, 0.15) is 17.1 Å². The fraction of sp³-hybridized carbons (Fsp3) is 0.500. The molecule has 0 spiro atoms. The van der Waals surface area contributed by atoms with E-state index in [2.05, 4.69) is 5.32 Å². The van der Waals surface area contributed by atoms with Crippen LogP contribution in [0.3, 0.4) is 0 Å². The van der Waals surface area contributed by atoms with E-state index >= 15 is 0 Å². The van der Waals surface area contributed by atoms with E-state index < -0.39 is 16.3 Å². The lowest BCUT2D eigenvalue weighted by Crippen LogP contribution is -2.39. The first-order valence-electron chi connectivity index (χ1n) is 5.98. The molecule has 1 aromatic rings. The molecule has 0 aliphatic carbocycles. The quantitative estimate of drug-likeness (QED) is 0.668. The summed E-state index contributed by atoms with van der Waals surface area (Å²) in [6, 6.07) is 2.00. The van der Waals surface area contributed by atoms with Gasteiger partial charge in [-0.1, -0.05) is 11.6 Å². The second-order valence-electron chi connectivity index (χ2n) is 4.58. The molecule has 1 saturated heterocycles. The summed E-state index contributed by atoms with van der Waals surface area (Å²) < 4.78 is 24.0. The Balaban J connectivity index is 2.20. The summed E-state index contributed by atoms with van der Waals surface area (Å²) in [6.07, 6.45) is 0.680. The number of benzene rings is 1. The minimum absolute atomic E-state index is 0.157. The minimum atomic E-state index is -0.824. The van der Waals surface area contributed by atoms with Crippen LogP contribution in [0.2, 0.25) is 5.02 Å². The summed E-state index contributed by atoms with van der Waals surface area (Å²) in [5.74, 6) is -0.824. The molecule has 1 atom stereocenters. The van der Waals surface area contributed by atoms with Crippen molar-refractivity contribution in [2.24, 2.45) is 0 Å². The Hall–Kier alpha value is -1.44. The van der Waals surface area contributed by atoms with Crippen molar-refractivity contribution in [3.8, 4) is 0 Å². The number of methoxy groups -OCH3 is 1. The van der Waals surface area contributed by atoms with E-state index in [9.17, 15) is 14.5 Å². The Morgan fingerprint density at radius 1 is 1.65 bits per heavy atom. The Labute approximate surface area is 120 Å². The molecule has 1 fully saturated rings. The standard InChI is InChI=1S/C12H14ClFN2O4/c1-19-12(2-3-20-7-12)6-15-10-4-8(13)9(14)5-11(10)16(17)18/h4-5,15H,2-3,6-7H2,1H3. The molecule has 110 valence electrons. The van der Waals surface area contributed by atoms with E-state index in [4.69, 9.17) is 21.1 Å². The fourth-order valence-corrected chi connectivity index (χ4v) is 2.21. The summed E-state index contributed by atoms with van der Waals surface area (Å²) >= 11 is 5.66. The normalized spacial score (nSPS) is 21.9. The Bertz CT molecular complexity index is 520. The smallest absolute Gasteiger partial charge is 0.295 e. The van der Waals surface area contributed by atoms with Gasteiger partial charge in [0.05, 0.1) is 22.6 Å². The van der Waals surface area contributed by atoms with E-state index in [1.165, 1.54) is 6.07 Å². The monoisotopic (exact) mass is 304 g/mol. The number of rotatable bonds is 5. The van der Waals surface area contributed by atoms with E-state index in [0.29, 0.717) is 26.2 Å². The van der Waals surface area contributed by atoms with Gasteiger partial charge in [-0.3, -0.25) is 10.1 Å². The van der Waals surface area contributed by atoms with E-state index in [1.54, 1.807) is 7.11 Å². The molecule has 0 bridgehead atoms. The lowest BCUT2D eigenvalue weighted by Gasteiger charge is -2.26. The van der Waals surface area contributed by atoms with Crippen molar-refractivity contribution >= 4 is 23.0 Å². The second-order valence-corrected chi connectivity index (χ2v) is 4.99. The third-order valence-electron chi connectivity index (χ3n) is 3.34. The zero-order valence-corrected chi connectivity index (χ0v) is 11.6. The van der Waals surface area contributed by atoms with Crippen LogP contribution < -0.4 is 5.32 Å². The van der Waals surface area contributed by atoms with E-state index in [0.717, 1.165) is 6.07 Å². The molecule has 1 heterocycles. The number of nitrogens with zero attached hydrogens (tertiary/aromatic N) is 1. The van der Waals surface area contributed by atoms with Gasteiger partial charge in [-0.2, -0.15) is 0 Å². The largest absolute Gasteiger partial charge is 0.378 e. The first-order chi connectivity index (χ1) is 9.47. The first kappa shape index (κ1) is 15.0. The van der Waals surface area contributed by atoms with Gasteiger partial charge in [0, 0.05) is 26.7 Å². The molecule has 0 amide bonds. The SMILES string of the molecule is COC1(CNc2cc(Cl)c(F)cc2[N+](=O)[O-])CCOC1.